The highest BCUT2D eigenvalue weighted by Gasteiger charge is 2.29. The summed E-state index contributed by atoms with van der Waals surface area (Å²) in [7, 11) is 0. The minimum Gasteiger partial charge on any atom is -0.380 e. The lowest BCUT2D eigenvalue weighted by Crippen LogP contribution is -2.70. The van der Waals surface area contributed by atoms with Crippen LogP contribution in [0, 0.1) is 5.41 Å². The van der Waals surface area contributed by atoms with Gasteiger partial charge in [-0.25, -0.2) is 0 Å². The van der Waals surface area contributed by atoms with Crippen LogP contribution >= 0.6 is 11.8 Å². The number of piperidine rings is 1. The molecule has 1 aliphatic rings. The molecule has 6 heteroatoms. The third-order valence-electron chi connectivity index (χ3n) is 4.43. The van der Waals surface area contributed by atoms with Crippen molar-refractivity contribution in [3.8, 4) is 0 Å². The van der Waals surface area contributed by atoms with E-state index in [1.54, 1.807) is 11.8 Å². The summed E-state index contributed by atoms with van der Waals surface area (Å²) in [5.41, 5.74) is 2.33. The molecule has 2 atom stereocenters. The summed E-state index contributed by atoms with van der Waals surface area (Å²) in [6, 6.07) is 11.3. The SMILES string of the molecule is CC1CCCC(C)N1[n+]1[n-]oc(=N)c1CSCc1ccccc1. The average Bonchev–Trinajstić information content (AvgIpc) is 2.90. The first-order chi connectivity index (χ1) is 11.2. The van der Waals surface area contributed by atoms with E-state index < -0.39 is 0 Å². The highest BCUT2D eigenvalue weighted by Crippen LogP contribution is 2.19. The van der Waals surface area contributed by atoms with Crippen LogP contribution in [0.5, 0.6) is 0 Å². The summed E-state index contributed by atoms with van der Waals surface area (Å²) in [4.78, 5) is 1.84. The highest BCUT2D eigenvalue weighted by molar-refractivity contribution is 7.97. The number of nitrogens with one attached hydrogen (secondary N) is 1. The van der Waals surface area contributed by atoms with Crippen molar-refractivity contribution in [1.29, 1.82) is 5.41 Å². The van der Waals surface area contributed by atoms with Crippen LogP contribution in [0.15, 0.2) is 34.9 Å². The van der Waals surface area contributed by atoms with Gasteiger partial charge in [-0.15, -0.1) is 11.8 Å². The van der Waals surface area contributed by atoms with Gasteiger partial charge in [-0.2, -0.15) is 0 Å². The third-order valence-corrected chi connectivity index (χ3v) is 5.44. The molecular formula is C17H24N4OS. The molecule has 1 aliphatic heterocycles. The van der Waals surface area contributed by atoms with Crippen LogP contribution in [0.4, 0.5) is 0 Å². The molecular weight excluding hydrogens is 308 g/mol. The van der Waals surface area contributed by atoms with Gasteiger partial charge in [0.05, 0.1) is 5.75 Å². The Bertz CT molecular complexity index is 671. The molecule has 1 fully saturated rings. The zero-order valence-electron chi connectivity index (χ0n) is 13.7. The van der Waals surface area contributed by atoms with Crippen LogP contribution in [-0.4, -0.2) is 12.1 Å². The Labute approximate surface area is 141 Å². The second-order valence-corrected chi connectivity index (χ2v) is 7.21. The molecule has 0 saturated carbocycles. The van der Waals surface area contributed by atoms with E-state index in [-0.39, 0.29) is 5.55 Å². The molecule has 1 aromatic heterocycles. The first-order valence-corrected chi connectivity index (χ1v) is 9.35. The largest absolute Gasteiger partial charge is 0.380 e. The van der Waals surface area contributed by atoms with Crippen molar-refractivity contribution in [2.45, 2.75) is 56.7 Å². The number of aromatic nitrogens is 2. The summed E-state index contributed by atoms with van der Waals surface area (Å²) < 4.78 is 5.17. The second-order valence-electron chi connectivity index (χ2n) is 6.23. The molecule has 3 rings (SSSR count). The predicted octanol–water partition coefficient (Wildman–Crippen LogP) is 2.34. The summed E-state index contributed by atoms with van der Waals surface area (Å²) in [6.45, 7) is 4.45. The Balaban J connectivity index is 1.72. The zero-order valence-corrected chi connectivity index (χ0v) is 14.6. The molecule has 0 amide bonds. The fraction of sp³-hybridized carbons (Fsp3) is 0.529. The Morgan fingerprint density at radius 3 is 2.61 bits per heavy atom. The Hall–Kier alpha value is -1.69. The van der Waals surface area contributed by atoms with Gasteiger partial charge in [0.25, 0.3) is 11.2 Å². The van der Waals surface area contributed by atoms with Crippen molar-refractivity contribution in [2.75, 3.05) is 5.01 Å². The van der Waals surface area contributed by atoms with E-state index in [2.05, 4.69) is 48.4 Å². The molecule has 23 heavy (non-hydrogen) atoms. The Kier molecular flexibility index (Phi) is 5.10. The monoisotopic (exact) mass is 332 g/mol. The van der Waals surface area contributed by atoms with Crippen molar-refractivity contribution in [1.82, 2.24) is 5.27 Å². The quantitative estimate of drug-likeness (QED) is 0.854. The maximum Gasteiger partial charge on any atom is 0.290 e. The lowest BCUT2D eigenvalue weighted by atomic mass is 10.00. The van der Waals surface area contributed by atoms with Gasteiger partial charge in [0.15, 0.2) is 0 Å². The van der Waals surface area contributed by atoms with E-state index in [0.29, 0.717) is 12.1 Å². The van der Waals surface area contributed by atoms with Crippen molar-refractivity contribution in [2.24, 2.45) is 0 Å². The summed E-state index contributed by atoms with van der Waals surface area (Å²) >= 11 is 1.79. The fourth-order valence-electron chi connectivity index (χ4n) is 3.20. The first kappa shape index (κ1) is 16.2. The number of nitrogens with zero attached hydrogens (tertiary/aromatic N) is 3. The molecule has 0 spiro atoms. The van der Waals surface area contributed by atoms with Gasteiger partial charge in [-0.1, -0.05) is 55.4 Å². The minimum atomic E-state index is 0.176. The summed E-state index contributed by atoms with van der Waals surface area (Å²) in [6.07, 6.45) is 3.57. The Morgan fingerprint density at radius 2 is 1.91 bits per heavy atom. The molecule has 2 unspecified atom stereocenters. The molecule has 124 valence electrons. The van der Waals surface area contributed by atoms with Crippen molar-refractivity contribution in [3.63, 3.8) is 0 Å². The normalized spacial score (nSPS) is 21.6. The van der Waals surface area contributed by atoms with Crippen LogP contribution in [0.1, 0.15) is 44.4 Å². The van der Waals surface area contributed by atoms with Crippen LogP contribution in [0.2, 0.25) is 0 Å². The lowest BCUT2D eigenvalue weighted by Gasteiger charge is -2.39. The summed E-state index contributed by atoms with van der Waals surface area (Å²) in [5.74, 6) is 1.66. The molecule has 1 N–H and O–H groups in total. The molecule has 1 aromatic carbocycles. The number of thioether (sulfide) groups is 1. The topological polar surface area (TPSA) is 58.2 Å². The van der Waals surface area contributed by atoms with Crippen LogP contribution in [0.3, 0.4) is 0 Å². The van der Waals surface area contributed by atoms with Gasteiger partial charge >= 0.3 is 0 Å². The van der Waals surface area contributed by atoms with Crippen molar-refractivity contribution < 1.29 is 9.31 Å². The molecule has 0 aliphatic carbocycles. The van der Waals surface area contributed by atoms with E-state index in [0.717, 1.165) is 30.0 Å². The van der Waals surface area contributed by atoms with Gasteiger partial charge < -0.3 is 4.52 Å². The van der Waals surface area contributed by atoms with Crippen molar-refractivity contribution in [3.05, 3.63) is 47.1 Å². The van der Waals surface area contributed by atoms with Crippen molar-refractivity contribution >= 4 is 11.8 Å². The molecule has 2 heterocycles. The number of hydrogen-bond donors (Lipinski definition) is 1. The summed E-state index contributed by atoms with van der Waals surface area (Å²) in [5, 5.41) is 14.4. The van der Waals surface area contributed by atoms with Crippen LogP contribution < -0.4 is 20.6 Å². The van der Waals surface area contributed by atoms with Gasteiger partial charge in [0.2, 0.25) is 0 Å². The predicted molar refractivity (Wildman–Crippen MR) is 90.5 cm³/mol. The minimum absolute atomic E-state index is 0.176. The molecule has 1 saturated heterocycles. The van der Waals surface area contributed by atoms with Gasteiger partial charge in [-0.05, 0) is 23.7 Å². The van der Waals surface area contributed by atoms with Gasteiger partial charge in [0.1, 0.15) is 0 Å². The van der Waals surface area contributed by atoms with E-state index in [9.17, 15) is 0 Å². The molecule has 2 aromatic rings. The van der Waals surface area contributed by atoms with E-state index >= 15 is 0 Å². The van der Waals surface area contributed by atoms with E-state index in [4.69, 9.17) is 9.93 Å². The van der Waals surface area contributed by atoms with Gasteiger partial charge in [0, 0.05) is 17.8 Å². The fourth-order valence-corrected chi connectivity index (χ4v) is 4.17. The lowest BCUT2D eigenvalue weighted by molar-refractivity contribution is -0.776. The first-order valence-electron chi connectivity index (χ1n) is 8.19. The highest BCUT2D eigenvalue weighted by atomic mass is 32.2. The second kappa shape index (κ2) is 7.25. The molecule has 5 nitrogen and oxygen atoms in total. The smallest absolute Gasteiger partial charge is 0.290 e. The van der Waals surface area contributed by atoms with E-state index in [1.807, 2.05) is 10.9 Å². The van der Waals surface area contributed by atoms with Crippen LogP contribution in [-0.2, 0) is 11.5 Å². The molecule has 0 radical (unpaired) electrons. The average molecular weight is 332 g/mol. The number of hydrogen-bond acceptors (Lipinski definition) is 4. The number of benzene rings is 1. The maximum absolute atomic E-state index is 8.04. The van der Waals surface area contributed by atoms with E-state index in [1.165, 1.54) is 12.0 Å². The van der Waals surface area contributed by atoms with Crippen LogP contribution in [0.25, 0.3) is 0 Å². The zero-order chi connectivity index (χ0) is 16.2. The standard InChI is InChI=1S/C17H24N4OS/c1-13-7-6-8-14(2)20(13)21-16(17(18)22-19-21)12-23-11-15-9-4-3-5-10-15/h3-5,9-10,13-14,18H,6-8,11-12H2,1-2H3. The van der Waals surface area contributed by atoms with Gasteiger partial charge in [-0.3, -0.25) is 10.4 Å². The third kappa shape index (κ3) is 3.63. The maximum atomic E-state index is 8.04. The number of rotatable bonds is 5. The molecule has 0 bridgehead atoms. The Morgan fingerprint density at radius 1 is 1.22 bits per heavy atom.